The smallest absolute Gasteiger partial charge is 0.282 e. The number of rotatable bonds is 5. The van der Waals surface area contributed by atoms with E-state index in [1.54, 1.807) is 0 Å². The lowest BCUT2D eigenvalue weighted by Crippen LogP contribution is -2.39. The summed E-state index contributed by atoms with van der Waals surface area (Å²) in [6.45, 7) is 5.67. The average Bonchev–Trinajstić information content (AvgIpc) is 2.59. The summed E-state index contributed by atoms with van der Waals surface area (Å²) in [5, 5.41) is 10.4. The molecule has 5 nitrogen and oxygen atoms in total. The molecule has 1 aromatic heterocycles. The lowest BCUT2D eigenvalue weighted by atomic mass is 9.93. The van der Waals surface area contributed by atoms with Crippen LogP contribution >= 0.6 is 22.9 Å². The van der Waals surface area contributed by atoms with Gasteiger partial charge in [-0.1, -0.05) is 25.2 Å². The van der Waals surface area contributed by atoms with Crippen molar-refractivity contribution in [3.63, 3.8) is 0 Å². The molecule has 1 amide bonds. The van der Waals surface area contributed by atoms with Crippen LogP contribution in [0.15, 0.2) is 0 Å². The van der Waals surface area contributed by atoms with Gasteiger partial charge in [-0.15, -0.1) is 10.2 Å². The Balaban J connectivity index is 2.48. The van der Waals surface area contributed by atoms with Gasteiger partial charge in [0.1, 0.15) is 0 Å². The van der Waals surface area contributed by atoms with Gasteiger partial charge in [0.2, 0.25) is 9.47 Å². The first kappa shape index (κ1) is 14.3. The lowest BCUT2D eigenvalue weighted by Gasteiger charge is -2.28. The van der Waals surface area contributed by atoms with Crippen LogP contribution in [0, 0.1) is 5.41 Å². The molecule has 17 heavy (non-hydrogen) atoms. The van der Waals surface area contributed by atoms with E-state index in [1.165, 1.54) is 0 Å². The molecular weight excluding hydrogens is 260 g/mol. The number of amides is 1. The van der Waals surface area contributed by atoms with Crippen LogP contribution in [0.4, 0.5) is 0 Å². The van der Waals surface area contributed by atoms with Gasteiger partial charge in [-0.3, -0.25) is 4.79 Å². The van der Waals surface area contributed by atoms with E-state index in [9.17, 15) is 4.79 Å². The van der Waals surface area contributed by atoms with Gasteiger partial charge in [0.25, 0.3) is 5.91 Å². The van der Waals surface area contributed by atoms with Crippen molar-refractivity contribution >= 4 is 28.8 Å². The van der Waals surface area contributed by atoms with Crippen LogP contribution in [0.2, 0.25) is 4.47 Å². The van der Waals surface area contributed by atoms with Crippen molar-refractivity contribution in [1.82, 2.24) is 20.4 Å². The summed E-state index contributed by atoms with van der Waals surface area (Å²) in [6.07, 6.45) is 0. The van der Waals surface area contributed by atoms with Gasteiger partial charge < -0.3 is 10.2 Å². The van der Waals surface area contributed by atoms with Crippen molar-refractivity contribution in [3.8, 4) is 0 Å². The van der Waals surface area contributed by atoms with Gasteiger partial charge in [-0.2, -0.15) is 0 Å². The normalized spacial score (nSPS) is 11.9. The highest BCUT2D eigenvalue weighted by Crippen LogP contribution is 2.17. The predicted octanol–water partition coefficient (Wildman–Crippen LogP) is 1.51. The highest BCUT2D eigenvalue weighted by molar-refractivity contribution is 7.17. The van der Waals surface area contributed by atoms with Gasteiger partial charge in [0.05, 0.1) is 0 Å². The number of aromatic nitrogens is 2. The summed E-state index contributed by atoms with van der Waals surface area (Å²) in [5.74, 6) is -0.221. The van der Waals surface area contributed by atoms with Crippen molar-refractivity contribution in [2.24, 2.45) is 5.41 Å². The van der Waals surface area contributed by atoms with Gasteiger partial charge in [-0.25, -0.2) is 0 Å². The molecule has 0 fully saturated rings. The third-order valence-corrected chi connectivity index (χ3v) is 3.08. The van der Waals surface area contributed by atoms with Gasteiger partial charge in [0.15, 0.2) is 0 Å². The van der Waals surface area contributed by atoms with E-state index in [4.69, 9.17) is 11.6 Å². The number of nitrogens with one attached hydrogen (secondary N) is 1. The standard InChI is InChI=1S/C10H17ClN4OS/c1-10(2,6-15(3)4)5-12-7(16)8-13-14-9(11)17-8/h5-6H2,1-4H3,(H,12,16). The van der Waals surface area contributed by atoms with Crippen molar-refractivity contribution in [1.29, 1.82) is 0 Å². The summed E-state index contributed by atoms with van der Waals surface area (Å²) in [5.41, 5.74) is 0.00758. The van der Waals surface area contributed by atoms with E-state index >= 15 is 0 Å². The maximum atomic E-state index is 11.7. The largest absolute Gasteiger partial charge is 0.349 e. The number of halogens is 1. The van der Waals surface area contributed by atoms with Crippen molar-refractivity contribution < 1.29 is 4.79 Å². The van der Waals surface area contributed by atoms with E-state index in [1.807, 2.05) is 14.1 Å². The second-order valence-electron chi connectivity index (χ2n) is 4.94. The SMILES string of the molecule is CN(C)CC(C)(C)CNC(=O)c1nnc(Cl)s1. The third kappa shape index (κ3) is 4.97. The number of carbonyl (C=O) groups is 1. The fourth-order valence-corrected chi connectivity index (χ4v) is 2.35. The zero-order valence-corrected chi connectivity index (χ0v) is 12.0. The Morgan fingerprint density at radius 1 is 1.47 bits per heavy atom. The van der Waals surface area contributed by atoms with Crippen molar-refractivity contribution in [3.05, 3.63) is 9.47 Å². The molecular formula is C10H17ClN4OS. The van der Waals surface area contributed by atoms with Crippen LogP contribution in [-0.4, -0.2) is 48.2 Å². The molecule has 0 saturated heterocycles. The Morgan fingerprint density at radius 2 is 2.12 bits per heavy atom. The molecule has 0 atom stereocenters. The molecule has 0 aromatic carbocycles. The van der Waals surface area contributed by atoms with Crippen molar-refractivity contribution in [2.75, 3.05) is 27.2 Å². The average molecular weight is 277 g/mol. The molecule has 1 rings (SSSR count). The highest BCUT2D eigenvalue weighted by atomic mass is 35.5. The summed E-state index contributed by atoms with van der Waals surface area (Å²) < 4.78 is 0.280. The fourth-order valence-electron chi connectivity index (χ4n) is 1.60. The zero-order chi connectivity index (χ0) is 13.1. The molecule has 0 aliphatic carbocycles. The first-order valence-electron chi connectivity index (χ1n) is 5.22. The summed E-state index contributed by atoms with van der Waals surface area (Å²) in [4.78, 5) is 13.8. The molecule has 0 saturated carbocycles. The topological polar surface area (TPSA) is 58.1 Å². The maximum Gasteiger partial charge on any atom is 0.282 e. The quantitative estimate of drug-likeness (QED) is 0.886. The zero-order valence-electron chi connectivity index (χ0n) is 10.5. The van der Waals surface area contributed by atoms with Crippen LogP contribution in [0.1, 0.15) is 23.6 Å². The first-order chi connectivity index (χ1) is 7.80. The van der Waals surface area contributed by atoms with Crippen LogP contribution < -0.4 is 5.32 Å². The van der Waals surface area contributed by atoms with Crippen LogP contribution in [0.5, 0.6) is 0 Å². The summed E-state index contributed by atoms with van der Waals surface area (Å²) in [6, 6.07) is 0. The molecule has 1 aromatic rings. The number of hydrogen-bond donors (Lipinski definition) is 1. The van der Waals surface area contributed by atoms with E-state index in [2.05, 4.69) is 34.3 Å². The summed E-state index contributed by atoms with van der Waals surface area (Å²) >= 11 is 6.70. The second kappa shape index (κ2) is 5.75. The molecule has 1 heterocycles. The first-order valence-corrected chi connectivity index (χ1v) is 6.41. The molecule has 0 bridgehead atoms. The molecule has 0 radical (unpaired) electrons. The van der Waals surface area contributed by atoms with Crippen LogP contribution in [0.3, 0.4) is 0 Å². The van der Waals surface area contributed by atoms with E-state index < -0.39 is 0 Å². The van der Waals surface area contributed by atoms with Crippen molar-refractivity contribution in [2.45, 2.75) is 13.8 Å². The maximum absolute atomic E-state index is 11.7. The summed E-state index contributed by atoms with van der Waals surface area (Å²) in [7, 11) is 4.02. The number of hydrogen-bond acceptors (Lipinski definition) is 5. The Kier molecular flexibility index (Phi) is 4.85. The van der Waals surface area contributed by atoms with E-state index in [0.29, 0.717) is 11.6 Å². The van der Waals surface area contributed by atoms with Gasteiger partial charge in [0, 0.05) is 13.1 Å². The van der Waals surface area contributed by atoms with E-state index in [-0.39, 0.29) is 15.8 Å². The predicted molar refractivity (Wildman–Crippen MR) is 69.6 cm³/mol. The van der Waals surface area contributed by atoms with Crippen LogP contribution in [0.25, 0.3) is 0 Å². The van der Waals surface area contributed by atoms with E-state index in [0.717, 1.165) is 17.9 Å². The molecule has 1 N–H and O–H groups in total. The van der Waals surface area contributed by atoms with Gasteiger partial charge in [-0.05, 0) is 31.1 Å². The Morgan fingerprint density at radius 3 is 2.59 bits per heavy atom. The molecule has 0 spiro atoms. The third-order valence-electron chi connectivity index (χ3n) is 2.07. The molecule has 7 heteroatoms. The fraction of sp³-hybridized carbons (Fsp3) is 0.700. The van der Waals surface area contributed by atoms with Gasteiger partial charge >= 0.3 is 0 Å². The molecule has 96 valence electrons. The Bertz CT molecular complexity index is 391. The molecule has 0 aliphatic heterocycles. The minimum Gasteiger partial charge on any atom is -0.349 e. The molecule has 0 aliphatic rings. The highest BCUT2D eigenvalue weighted by Gasteiger charge is 2.21. The Hall–Kier alpha value is -0.720. The minimum absolute atomic E-state index is 0.00758. The van der Waals surface area contributed by atoms with Crippen LogP contribution in [-0.2, 0) is 0 Å². The number of nitrogens with zero attached hydrogens (tertiary/aromatic N) is 3. The lowest BCUT2D eigenvalue weighted by molar-refractivity contribution is 0.0928. The second-order valence-corrected chi connectivity index (χ2v) is 6.50. The minimum atomic E-state index is -0.221. The number of carbonyl (C=O) groups excluding carboxylic acids is 1. The monoisotopic (exact) mass is 276 g/mol. The Labute approximate surface area is 110 Å². The molecule has 0 unspecified atom stereocenters.